The van der Waals surface area contributed by atoms with E-state index in [1.807, 2.05) is 6.07 Å². The van der Waals surface area contributed by atoms with Gasteiger partial charge < -0.3 is 15.4 Å². The van der Waals surface area contributed by atoms with Gasteiger partial charge in [-0.15, -0.1) is 0 Å². The molecule has 1 aromatic heterocycles. The van der Waals surface area contributed by atoms with E-state index in [2.05, 4.69) is 15.6 Å². The first kappa shape index (κ1) is 21.0. The number of rotatable bonds is 8. The van der Waals surface area contributed by atoms with Gasteiger partial charge in [0.2, 0.25) is 11.8 Å². The average molecular weight is 420 g/mol. The maximum atomic E-state index is 13.1. The largest absolute Gasteiger partial charge is 0.474 e. The molecule has 0 atom stereocenters. The molecule has 0 saturated heterocycles. The van der Waals surface area contributed by atoms with Crippen molar-refractivity contribution in [3.05, 3.63) is 58.5 Å². The van der Waals surface area contributed by atoms with Crippen LogP contribution in [0.15, 0.2) is 36.5 Å². The van der Waals surface area contributed by atoms with Crippen molar-refractivity contribution in [1.29, 1.82) is 0 Å². The summed E-state index contributed by atoms with van der Waals surface area (Å²) in [7, 11) is 0. The molecule has 0 unspecified atom stereocenters. The first-order valence-electron chi connectivity index (χ1n) is 9.63. The minimum atomic E-state index is -0.516. The number of pyridine rings is 1. The summed E-state index contributed by atoms with van der Waals surface area (Å²) in [5.74, 6) is -0.634. The highest BCUT2D eigenvalue weighted by Gasteiger charge is 2.18. The second-order valence-corrected chi connectivity index (χ2v) is 7.31. The molecule has 1 saturated carbocycles. The van der Waals surface area contributed by atoms with E-state index in [0.717, 1.165) is 30.5 Å². The third-order valence-electron chi connectivity index (χ3n) is 4.72. The molecule has 1 heterocycles. The van der Waals surface area contributed by atoms with Gasteiger partial charge in [0, 0.05) is 31.3 Å². The fourth-order valence-electron chi connectivity index (χ4n) is 3.17. The molecule has 2 N–H and O–H groups in total. The van der Waals surface area contributed by atoms with Gasteiger partial charge >= 0.3 is 0 Å². The van der Waals surface area contributed by atoms with Crippen molar-refractivity contribution in [1.82, 2.24) is 15.6 Å². The molecule has 1 aliphatic rings. The Morgan fingerprint density at radius 2 is 2.00 bits per heavy atom. The Morgan fingerprint density at radius 3 is 2.76 bits per heavy atom. The predicted octanol–water partition coefficient (Wildman–Crippen LogP) is 3.63. The Labute approximate surface area is 173 Å². The predicted molar refractivity (Wildman–Crippen MR) is 107 cm³/mol. The van der Waals surface area contributed by atoms with E-state index in [0.29, 0.717) is 12.4 Å². The van der Waals surface area contributed by atoms with E-state index in [4.69, 9.17) is 16.3 Å². The lowest BCUT2D eigenvalue weighted by Gasteiger charge is -2.15. The number of benzene rings is 1. The molecule has 1 aliphatic carbocycles. The Kier molecular flexibility index (Phi) is 7.41. The Morgan fingerprint density at radius 1 is 1.21 bits per heavy atom. The van der Waals surface area contributed by atoms with Crippen LogP contribution in [0.3, 0.4) is 0 Å². The van der Waals surface area contributed by atoms with Crippen LogP contribution in [0.25, 0.3) is 0 Å². The van der Waals surface area contributed by atoms with E-state index in [-0.39, 0.29) is 35.6 Å². The van der Waals surface area contributed by atoms with Crippen molar-refractivity contribution in [2.24, 2.45) is 0 Å². The van der Waals surface area contributed by atoms with Crippen LogP contribution in [0.5, 0.6) is 5.88 Å². The maximum Gasteiger partial charge on any atom is 0.252 e. The second kappa shape index (κ2) is 10.2. The highest BCUT2D eigenvalue weighted by atomic mass is 35.5. The molecule has 1 fully saturated rings. The van der Waals surface area contributed by atoms with Crippen LogP contribution >= 0.6 is 11.6 Å². The summed E-state index contributed by atoms with van der Waals surface area (Å²) in [6, 6.07) is 7.21. The van der Waals surface area contributed by atoms with Crippen LogP contribution in [-0.4, -0.2) is 29.4 Å². The molecule has 1 aromatic carbocycles. The zero-order valence-electron chi connectivity index (χ0n) is 15.9. The smallest absolute Gasteiger partial charge is 0.252 e. The van der Waals surface area contributed by atoms with E-state index in [9.17, 15) is 14.0 Å². The molecule has 0 bridgehead atoms. The summed E-state index contributed by atoms with van der Waals surface area (Å²) in [4.78, 5) is 28.5. The fourth-order valence-corrected chi connectivity index (χ4v) is 3.42. The van der Waals surface area contributed by atoms with Gasteiger partial charge in [-0.2, -0.15) is 0 Å². The lowest BCUT2D eigenvalue weighted by atomic mass is 10.2. The van der Waals surface area contributed by atoms with E-state index >= 15 is 0 Å². The van der Waals surface area contributed by atoms with Gasteiger partial charge in [0.05, 0.1) is 10.6 Å². The van der Waals surface area contributed by atoms with Gasteiger partial charge in [-0.25, -0.2) is 9.37 Å². The number of nitrogens with zero attached hydrogens (tertiary/aromatic N) is 1. The highest BCUT2D eigenvalue weighted by molar-refractivity contribution is 6.33. The van der Waals surface area contributed by atoms with Gasteiger partial charge in [0.25, 0.3) is 5.91 Å². The number of hydrogen-bond donors (Lipinski definition) is 2. The molecule has 0 radical (unpaired) electrons. The SMILES string of the molecule is O=C(CCNC(=O)c1ccc(F)cc1Cl)NCc1cccnc1OC1CCCC1. The summed E-state index contributed by atoms with van der Waals surface area (Å²) < 4.78 is 19.0. The topological polar surface area (TPSA) is 80.3 Å². The van der Waals surface area contributed by atoms with Crippen molar-refractivity contribution >= 4 is 23.4 Å². The van der Waals surface area contributed by atoms with Crippen molar-refractivity contribution in [3.63, 3.8) is 0 Å². The third kappa shape index (κ3) is 6.15. The molecule has 154 valence electrons. The number of carbonyl (C=O) groups excluding carboxylic acids is 2. The summed E-state index contributed by atoms with van der Waals surface area (Å²) in [5.41, 5.74) is 0.979. The molecule has 6 nitrogen and oxygen atoms in total. The Hall–Kier alpha value is -2.67. The molecule has 2 amide bonds. The Bertz CT molecular complexity index is 872. The van der Waals surface area contributed by atoms with E-state index < -0.39 is 11.7 Å². The van der Waals surface area contributed by atoms with Crippen LogP contribution in [0, 0.1) is 5.82 Å². The first-order chi connectivity index (χ1) is 14.0. The van der Waals surface area contributed by atoms with E-state index in [1.54, 1.807) is 12.3 Å². The second-order valence-electron chi connectivity index (χ2n) is 6.90. The standard InChI is InChI=1S/C21H23ClFN3O3/c22-18-12-15(23)7-8-17(18)20(28)24-11-9-19(27)26-13-14-4-3-10-25-21(14)29-16-5-1-2-6-16/h3-4,7-8,10,12,16H,1-2,5-6,9,11,13H2,(H,24,28)(H,26,27). The Balaban J connectivity index is 1.44. The number of amides is 2. The molecular formula is C21H23ClFN3O3. The zero-order valence-corrected chi connectivity index (χ0v) is 16.7. The highest BCUT2D eigenvalue weighted by Crippen LogP contribution is 2.25. The first-order valence-corrected chi connectivity index (χ1v) is 10.0. The van der Waals surface area contributed by atoms with Crippen molar-refractivity contribution in [3.8, 4) is 5.88 Å². The van der Waals surface area contributed by atoms with Gasteiger partial charge in [-0.1, -0.05) is 17.7 Å². The summed E-state index contributed by atoms with van der Waals surface area (Å²) >= 11 is 5.86. The normalized spacial score (nSPS) is 13.9. The van der Waals surface area contributed by atoms with Gasteiger partial charge in [-0.3, -0.25) is 9.59 Å². The van der Waals surface area contributed by atoms with Crippen LogP contribution < -0.4 is 15.4 Å². The maximum absolute atomic E-state index is 13.1. The van der Waals surface area contributed by atoms with Crippen molar-refractivity contribution < 1.29 is 18.7 Å². The molecule has 2 aromatic rings. The molecule has 29 heavy (non-hydrogen) atoms. The number of carbonyl (C=O) groups is 2. The van der Waals surface area contributed by atoms with Crippen molar-refractivity contribution in [2.45, 2.75) is 44.8 Å². The van der Waals surface area contributed by atoms with Crippen LogP contribution in [0.1, 0.15) is 48.0 Å². The molecule has 8 heteroatoms. The third-order valence-corrected chi connectivity index (χ3v) is 5.03. The lowest BCUT2D eigenvalue weighted by molar-refractivity contribution is -0.121. The van der Waals surface area contributed by atoms with Crippen LogP contribution in [0.2, 0.25) is 5.02 Å². The zero-order chi connectivity index (χ0) is 20.6. The quantitative estimate of drug-likeness (QED) is 0.684. The van der Waals surface area contributed by atoms with Crippen LogP contribution in [-0.2, 0) is 11.3 Å². The van der Waals surface area contributed by atoms with Crippen LogP contribution in [0.4, 0.5) is 4.39 Å². The summed E-state index contributed by atoms with van der Waals surface area (Å²) in [6.45, 7) is 0.434. The molecular weight excluding hydrogens is 397 g/mol. The van der Waals surface area contributed by atoms with Crippen molar-refractivity contribution in [2.75, 3.05) is 6.54 Å². The minimum Gasteiger partial charge on any atom is -0.474 e. The number of hydrogen-bond acceptors (Lipinski definition) is 4. The minimum absolute atomic E-state index is 0.0262. The van der Waals surface area contributed by atoms with Gasteiger partial charge in [0.15, 0.2) is 0 Å². The number of aromatic nitrogens is 1. The monoisotopic (exact) mass is 419 g/mol. The molecule has 0 aliphatic heterocycles. The average Bonchev–Trinajstić information content (AvgIpc) is 3.20. The molecule has 3 rings (SSSR count). The van der Waals surface area contributed by atoms with E-state index in [1.165, 1.54) is 18.9 Å². The summed E-state index contributed by atoms with van der Waals surface area (Å²) in [6.07, 6.45) is 6.35. The molecule has 0 spiro atoms. The van der Waals surface area contributed by atoms with Gasteiger partial charge in [0.1, 0.15) is 11.9 Å². The lowest BCUT2D eigenvalue weighted by Crippen LogP contribution is -2.30. The number of nitrogens with one attached hydrogen (secondary N) is 2. The number of ether oxygens (including phenoxy) is 1. The number of halogens is 2. The van der Waals surface area contributed by atoms with Gasteiger partial charge in [-0.05, 0) is 49.9 Å². The summed E-state index contributed by atoms with van der Waals surface area (Å²) in [5, 5.41) is 5.44. The fraction of sp³-hybridized carbons (Fsp3) is 0.381.